The number of rotatable bonds is 5. The smallest absolute Gasteiger partial charge is 0.306 e. The lowest BCUT2D eigenvalue weighted by Gasteiger charge is -2.35. The van der Waals surface area contributed by atoms with E-state index in [4.69, 9.17) is 5.11 Å². The molecule has 2 saturated carbocycles. The Balaban J connectivity index is 1.81. The van der Waals surface area contributed by atoms with Crippen molar-refractivity contribution in [3.8, 4) is 0 Å². The summed E-state index contributed by atoms with van der Waals surface area (Å²) in [5.74, 6) is -1.08. The molecule has 5 nitrogen and oxygen atoms in total. The highest BCUT2D eigenvalue weighted by molar-refractivity contribution is 7.89. The van der Waals surface area contributed by atoms with Gasteiger partial charge < -0.3 is 5.11 Å². The predicted octanol–water partition coefficient (Wildman–Crippen LogP) is 2.48. The highest BCUT2D eigenvalue weighted by Gasteiger charge is 2.43. The number of nitrogens with zero attached hydrogens (tertiary/aromatic N) is 1. The quantitative estimate of drug-likeness (QED) is 0.903. The summed E-state index contributed by atoms with van der Waals surface area (Å²) in [5, 5.41) is 9.09. The topological polar surface area (TPSA) is 74.7 Å². The predicted molar refractivity (Wildman–Crippen MR) is 81.9 cm³/mol. The number of aliphatic carboxylic acids is 1. The normalized spacial score (nSPS) is 26.0. The van der Waals surface area contributed by atoms with Crippen LogP contribution >= 0.6 is 0 Å². The molecule has 0 spiro atoms. The summed E-state index contributed by atoms with van der Waals surface area (Å²) in [4.78, 5) is 11.4. The van der Waals surface area contributed by atoms with Gasteiger partial charge in [-0.15, -0.1) is 0 Å². The molecule has 2 aliphatic rings. The van der Waals surface area contributed by atoms with E-state index in [0.29, 0.717) is 30.6 Å². The van der Waals surface area contributed by atoms with Gasteiger partial charge in [-0.25, -0.2) is 8.42 Å². The van der Waals surface area contributed by atoms with Gasteiger partial charge in [0.2, 0.25) is 10.0 Å². The number of carboxylic acids is 1. The van der Waals surface area contributed by atoms with Crippen molar-refractivity contribution in [2.45, 2.75) is 55.5 Å². The largest absolute Gasteiger partial charge is 0.481 e. The summed E-state index contributed by atoms with van der Waals surface area (Å²) in [5.41, 5.74) is 0. The van der Waals surface area contributed by atoms with E-state index in [9.17, 15) is 13.2 Å². The van der Waals surface area contributed by atoms with Crippen LogP contribution in [0.25, 0.3) is 0 Å². The Kier molecular flexibility index (Phi) is 4.23. The summed E-state index contributed by atoms with van der Waals surface area (Å²) < 4.78 is 27.5. The first-order chi connectivity index (χ1) is 10.5. The van der Waals surface area contributed by atoms with Crippen molar-refractivity contribution in [3.05, 3.63) is 30.3 Å². The van der Waals surface area contributed by atoms with Crippen molar-refractivity contribution < 1.29 is 18.3 Å². The standard InChI is InChI=1S/C16H21NO4S/c18-16(19)12-6-8-13(9-7-12)17(14-10-11-14)22(20,21)15-4-2-1-3-5-15/h1-5,12-14H,6-11H2,(H,18,19). The average molecular weight is 323 g/mol. The summed E-state index contributed by atoms with van der Waals surface area (Å²) in [7, 11) is -3.49. The molecule has 0 radical (unpaired) electrons. The SMILES string of the molecule is O=C(O)C1CCC(N(C2CC2)S(=O)(=O)c2ccccc2)CC1. The van der Waals surface area contributed by atoms with E-state index in [0.717, 1.165) is 12.8 Å². The zero-order chi connectivity index (χ0) is 15.7. The average Bonchev–Trinajstić information content (AvgIpc) is 3.33. The fraction of sp³-hybridized carbons (Fsp3) is 0.562. The van der Waals surface area contributed by atoms with Crippen molar-refractivity contribution >= 4 is 16.0 Å². The maximum atomic E-state index is 12.9. The van der Waals surface area contributed by atoms with Crippen molar-refractivity contribution in [1.82, 2.24) is 4.31 Å². The lowest BCUT2D eigenvalue weighted by atomic mass is 9.86. The van der Waals surface area contributed by atoms with Gasteiger partial charge in [-0.2, -0.15) is 4.31 Å². The van der Waals surface area contributed by atoms with E-state index in [2.05, 4.69) is 0 Å². The van der Waals surface area contributed by atoms with E-state index in [1.165, 1.54) is 0 Å². The van der Waals surface area contributed by atoms with Gasteiger partial charge in [-0.1, -0.05) is 18.2 Å². The molecule has 0 aliphatic heterocycles. The molecule has 0 heterocycles. The Morgan fingerprint density at radius 3 is 1.91 bits per heavy atom. The maximum absolute atomic E-state index is 12.9. The zero-order valence-electron chi connectivity index (χ0n) is 12.4. The van der Waals surface area contributed by atoms with Crippen molar-refractivity contribution in [2.24, 2.45) is 5.92 Å². The molecule has 1 aromatic carbocycles. The van der Waals surface area contributed by atoms with Gasteiger partial charge in [-0.3, -0.25) is 4.79 Å². The molecule has 120 valence electrons. The van der Waals surface area contributed by atoms with Gasteiger partial charge in [0.15, 0.2) is 0 Å². The van der Waals surface area contributed by atoms with Crippen LogP contribution in [0.15, 0.2) is 35.2 Å². The Labute approximate surface area is 131 Å². The molecular weight excluding hydrogens is 302 g/mol. The Morgan fingerprint density at radius 2 is 1.45 bits per heavy atom. The van der Waals surface area contributed by atoms with Crippen LogP contribution in [0.1, 0.15) is 38.5 Å². The van der Waals surface area contributed by atoms with Gasteiger partial charge in [0, 0.05) is 12.1 Å². The summed E-state index contributed by atoms with van der Waals surface area (Å²) in [6, 6.07) is 8.57. The molecule has 6 heteroatoms. The number of benzene rings is 1. The first kappa shape index (κ1) is 15.5. The third-order valence-corrected chi connectivity index (χ3v) is 6.65. The van der Waals surface area contributed by atoms with E-state index in [1.54, 1.807) is 34.6 Å². The van der Waals surface area contributed by atoms with Crippen LogP contribution < -0.4 is 0 Å². The highest BCUT2D eigenvalue weighted by atomic mass is 32.2. The van der Waals surface area contributed by atoms with Gasteiger partial charge >= 0.3 is 5.97 Å². The van der Waals surface area contributed by atoms with E-state index < -0.39 is 16.0 Å². The first-order valence-corrected chi connectivity index (χ1v) is 9.25. The third kappa shape index (κ3) is 3.03. The Bertz CT molecular complexity index is 631. The highest BCUT2D eigenvalue weighted by Crippen LogP contribution is 2.39. The van der Waals surface area contributed by atoms with Gasteiger partial charge in [0.1, 0.15) is 0 Å². The molecule has 3 rings (SSSR count). The molecule has 0 saturated heterocycles. The molecule has 0 atom stereocenters. The Hall–Kier alpha value is -1.40. The molecule has 0 aromatic heterocycles. The first-order valence-electron chi connectivity index (χ1n) is 7.81. The van der Waals surface area contributed by atoms with Crippen molar-refractivity contribution in [1.29, 1.82) is 0 Å². The maximum Gasteiger partial charge on any atom is 0.306 e. The number of hydrogen-bond acceptors (Lipinski definition) is 3. The van der Waals surface area contributed by atoms with E-state index in [1.807, 2.05) is 0 Å². The molecule has 2 aliphatic carbocycles. The number of carboxylic acid groups (broad SMARTS) is 1. The van der Waals surface area contributed by atoms with Crippen LogP contribution in [-0.2, 0) is 14.8 Å². The monoisotopic (exact) mass is 323 g/mol. The van der Waals surface area contributed by atoms with Crippen LogP contribution in [0.5, 0.6) is 0 Å². The minimum absolute atomic E-state index is 0.0618. The second kappa shape index (κ2) is 6.01. The van der Waals surface area contributed by atoms with Gasteiger partial charge in [0.25, 0.3) is 0 Å². The molecule has 0 bridgehead atoms. The summed E-state index contributed by atoms with van der Waals surface area (Å²) in [6.45, 7) is 0. The second-order valence-electron chi connectivity index (χ2n) is 6.22. The zero-order valence-corrected chi connectivity index (χ0v) is 13.2. The minimum atomic E-state index is -3.49. The van der Waals surface area contributed by atoms with Crippen LogP contribution in [0, 0.1) is 5.92 Å². The summed E-state index contributed by atoms with van der Waals surface area (Å²) in [6.07, 6.45) is 4.22. The third-order valence-electron chi connectivity index (χ3n) is 4.63. The fourth-order valence-electron chi connectivity index (χ4n) is 3.31. The van der Waals surface area contributed by atoms with Crippen LogP contribution in [0.2, 0.25) is 0 Å². The van der Waals surface area contributed by atoms with Crippen LogP contribution in [0.4, 0.5) is 0 Å². The van der Waals surface area contributed by atoms with Crippen LogP contribution in [0.3, 0.4) is 0 Å². The molecule has 1 aromatic rings. The number of sulfonamides is 1. The second-order valence-corrected chi connectivity index (χ2v) is 8.07. The fourth-order valence-corrected chi connectivity index (χ4v) is 5.26. The molecule has 1 N–H and O–H groups in total. The summed E-state index contributed by atoms with van der Waals surface area (Å²) >= 11 is 0. The molecule has 0 amide bonds. The van der Waals surface area contributed by atoms with E-state index >= 15 is 0 Å². The number of carbonyl (C=O) groups is 1. The molecular formula is C16H21NO4S. The van der Waals surface area contributed by atoms with Gasteiger partial charge in [-0.05, 0) is 50.7 Å². The lowest BCUT2D eigenvalue weighted by Crippen LogP contribution is -2.44. The molecule has 2 fully saturated rings. The Morgan fingerprint density at radius 1 is 0.955 bits per heavy atom. The van der Waals surface area contributed by atoms with Gasteiger partial charge in [0.05, 0.1) is 10.8 Å². The number of hydrogen-bond donors (Lipinski definition) is 1. The van der Waals surface area contributed by atoms with Crippen molar-refractivity contribution in [3.63, 3.8) is 0 Å². The molecule has 0 unspecified atom stereocenters. The lowest BCUT2D eigenvalue weighted by molar-refractivity contribution is -0.143. The van der Waals surface area contributed by atoms with Crippen molar-refractivity contribution in [2.75, 3.05) is 0 Å². The minimum Gasteiger partial charge on any atom is -0.481 e. The molecule has 22 heavy (non-hydrogen) atoms. The van der Waals surface area contributed by atoms with Crippen LogP contribution in [-0.4, -0.2) is 35.9 Å². The van der Waals surface area contributed by atoms with E-state index in [-0.39, 0.29) is 18.0 Å².